The normalized spacial score (nSPS) is 30.8. The molecule has 0 aromatic carbocycles. The summed E-state index contributed by atoms with van der Waals surface area (Å²) in [4.78, 5) is 0. The molecular formula is C2H5BrMg. The molecule has 4 heavy (non-hydrogen) atoms. The van der Waals surface area contributed by atoms with Crippen LogP contribution in [0.2, 0.25) is 4.50 Å². The summed E-state index contributed by atoms with van der Waals surface area (Å²) in [7, 11) is 0. The van der Waals surface area contributed by atoms with E-state index in [2.05, 4.69) is 12.9 Å². The quantitative estimate of drug-likeness (QED) is 0.481. The molecule has 0 aromatic heterocycles. The van der Waals surface area contributed by atoms with Crippen molar-refractivity contribution in [3.05, 3.63) is 0 Å². The third-order valence-electron chi connectivity index (χ3n) is 0.0668. The molecule has 0 rings (SSSR count). The van der Waals surface area contributed by atoms with Crippen molar-refractivity contribution < 1.29 is 6.85 Å². The fourth-order valence-electron chi connectivity index (χ4n) is 0. The molecule has 0 aliphatic carbocycles. The first-order valence-electron chi connectivity index (χ1n) is 3.37. The van der Waals surface area contributed by atoms with Crippen molar-refractivity contribution in [2.24, 2.45) is 0 Å². The van der Waals surface area contributed by atoms with Crippen LogP contribution in [0.25, 0.3) is 0 Å². The fraction of sp³-hybridized carbons (Fsp3) is 1.00. The zero-order valence-electron chi connectivity index (χ0n) is 7.09. The Kier molecular flexibility index (Phi) is 1.17. The highest BCUT2D eigenvalue weighted by Gasteiger charge is 1.73. The van der Waals surface area contributed by atoms with E-state index in [-0.39, 0.29) is 0 Å². The van der Waals surface area contributed by atoms with Crippen LogP contribution in [0.4, 0.5) is 0 Å². The third kappa shape index (κ3) is 3.25. The molecule has 0 saturated carbocycles. The van der Waals surface area contributed by atoms with Crippen LogP contribution in [0, 0.1) is 0 Å². The zero-order valence-corrected chi connectivity index (χ0v) is 5.09. The predicted octanol–water partition coefficient (Wildman–Crippen LogP) is 1.44. The summed E-state index contributed by atoms with van der Waals surface area (Å²) in [6.07, 6.45) is 0. The van der Waals surface area contributed by atoms with E-state index in [1.165, 1.54) is 0 Å². The second kappa shape index (κ2) is 4.25. The predicted molar refractivity (Wildman–Crippen MR) is 25.2 cm³/mol. The van der Waals surface area contributed by atoms with Gasteiger partial charge in [-0.15, -0.1) is 4.50 Å². The highest BCUT2D eigenvalue weighted by Crippen LogP contribution is 1.77. The van der Waals surface area contributed by atoms with Gasteiger partial charge >= 0.3 is 18.2 Å². The lowest BCUT2D eigenvalue weighted by Gasteiger charge is -1.59. The van der Waals surface area contributed by atoms with Crippen molar-refractivity contribution in [1.29, 1.82) is 0 Å². The summed E-state index contributed by atoms with van der Waals surface area (Å²) in [6, 6.07) is 0. The van der Waals surface area contributed by atoms with Gasteiger partial charge in [-0.1, -0.05) is 6.85 Å². The van der Waals surface area contributed by atoms with Crippen LogP contribution in [0.1, 0.15) is 13.7 Å². The Bertz CT molecular complexity index is 97.6. The van der Waals surface area contributed by atoms with Crippen LogP contribution in [-0.2, 0) is 0 Å². The van der Waals surface area contributed by atoms with E-state index < -0.39 is 29.5 Å². The monoisotopic (exact) mass is 137 g/mol. The Balaban J connectivity index is 4.14. The van der Waals surface area contributed by atoms with Gasteiger partial charge in [0.15, 0.2) is 0 Å². The third-order valence-corrected chi connectivity index (χ3v) is 1.04. The van der Waals surface area contributed by atoms with E-state index in [1.807, 2.05) is 0 Å². The molecule has 0 N–H and O–H groups in total. The van der Waals surface area contributed by atoms with Crippen LogP contribution >= 0.6 is 12.9 Å². The van der Waals surface area contributed by atoms with Gasteiger partial charge < -0.3 is 12.9 Å². The van der Waals surface area contributed by atoms with Gasteiger partial charge in [-0.2, -0.15) is 0 Å². The van der Waals surface area contributed by atoms with Crippen LogP contribution in [0.3, 0.4) is 0 Å². The van der Waals surface area contributed by atoms with Gasteiger partial charge in [0.2, 0.25) is 0 Å². The Labute approximate surface area is 49.6 Å². The van der Waals surface area contributed by atoms with Gasteiger partial charge in [-0.3, -0.25) is 0 Å². The number of hydrogen-bond donors (Lipinski definition) is 0. The van der Waals surface area contributed by atoms with Crippen molar-refractivity contribution in [3.63, 3.8) is 0 Å². The first kappa shape index (κ1) is 1.11. The molecule has 0 heterocycles. The minimum absolute atomic E-state index is 1.28. The molecule has 2 heteroatoms. The Morgan fingerprint density at radius 1 is 2.75 bits per heavy atom. The maximum Gasteiger partial charge on any atom is 0.468 e. The molecule has 0 nitrogen and oxygen atoms in total. The zero-order chi connectivity index (χ0) is 7.71. The maximum atomic E-state index is 6.95. The van der Waals surface area contributed by atoms with Gasteiger partial charge in [0.25, 0.3) is 0 Å². The van der Waals surface area contributed by atoms with E-state index in [9.17, 15) is 0 Å². The molecule has 0 radical (unpaired) electrons. The topological polar surface area (TPSA) is 0 Å². The number of hydrogen-bond acceptors (Lipinski definition) is 0. The van der Waals surface area contributed by atoms with Crippen LogP contribution in [0.5, 0.6) is 0 Å². The summed E-state index contributed by atoms with van der Waals surface area (Å²) in [5.74, 6) is 0. The smallest absolute Gasteiger partial charge is 0.307 e. The van der Waals surface area contributed by atoms with Crippen molar-refractivity contribution in [3.8, 4) is 0 Å². The van der Waals surface area contributed by atoms with Gasteiger partial charge in [-0.25, -0.2) is 0 Å². The largest absolute Gasteiger partial charge is 0.468 e. The average molecular weight is 138 g/mol. The molecule has 0 fully saturated rings. The Hall–Kier alpha value is 1.25. The molecule has 0 aliphatic rings. The van der Waals surface area contributed by atoms with Crippen molar-refractivity contribution in [1.82, 2.24) is 0 Å². The lowest BCUT2D eigenvalue weighted by molar-refractivity contribution is 1.48. The van der Waals surface area contributed by atoms with Gasteiger partial charge in [0, 0.05) is 4.11 Å². The summed E-state index contributed by atoms with van der Waals surface area (Å²) < 4.78 is 32.0. The average Bonchev–Trinajstić information content (AvgIpc) is 1.64. The first-order chi connectivity index (χ1) is 3.81. The molecule has 0 bridgehead atoms. The summed E-state index contributed by atoms with van der Waals surface area (Å²) in [5.41, 5.74) is 0. The molecule has 0 aromatic rings. The van der Waals surface area contributed by atoms with Crippen molar-refractivity contribution in [2.75, 3.05) is 0 Å². The van der Waals surface area contributed by atoms with Crippen LogP contribution < -0.4 is 0 Å². The highest BCUT2D eigenvalue weighted by atomic mass is 79.9. The molecular weight excluding hydrogens is 128 g/mol. The second-order valence-corrected chi connectivity index (χ2v) is 2.61. The van der Waals surface area contributed by atoms with Crippen LogP contribution in [-0.4, -0.2) is 18.2 Å². The molecule has 0 amide bonds. The van der Waals surface area contributed by atoms with Gasteiger partial charge in [0.05, 0.1) is 0 Å². The molecule has 0 unspecified atom stereocenters. The van der Waals surface area contributed by atoms with E-state index in [1.54, 1.807) is 0 Å². The van der Waals surface area contributed by atoms with Crippen LogP contribution in [0.15, 0.2) is 0 Å². The number of halogens is 1. The molecule has 0 aliphatic heterocycles. The minimum atomic E-state index is -2.46. The summed E-state index contributed by atoms with van der Waals surface area (Å²) in [6.45, 7) is -2.46. The SMILES string of the molecule is [2H]C([2H])([2H])[C]([2H])([2H])[Mg][Br]. The second-order valence-electron chi connectivity index (χ2n) is 0.310. The van der Waals surface area contributed by atoms with E-state index in [0.717, 1.165) is 0 Å². The van der Waals surface area contributed by atoms with Gasteiger partial charge in [0.1, 0.15) is 0 Å². The standard InChI is InChI=1S/C2H5.BrH.Mg/c1-2;;/h1H2,2H3;1H;/q;;+1/p-1/i1D2,2D3;;. The van der Waals surface area contributed by atoms with Crippen molar-refractivity contribution in [2.45, 2.75) is 11.4 Å². The number of rotatable bonds is 1. The Morgan fingerprint density at radius 2 is 3.50 bits per heavy atom. The molecule has 0 spiro atoms. The van der Waals surface area contributed by atoms with Crippen molar-refractivity contribution >= 4 is 31.1 Å². The molecule has 22 valence electrons. The lowest BCUT2D eigenvalue weighted by atomic mass is 11.0. The van der Waals surface area contributed by atoms with E-state index in [4.69, 9.17) is 6.85 Å². The molecule has 0 saturated heterocycles. The van der Waals surface area contributed by atoms with Gasteiger partial charge in [-0.05, 0) is 2.74 Å². The lowest BCUT2D eigenvalue weighted by Crippen LogP contribution is -1.60. The maximum absolute atomic E-state index is 6.95. The summed E-state index contributed by atoms with van der Waals surface area (Å²) >= 11 is 1.63. The minimum Gasteiger partial charge on any atom is -0.307 e. The fourth-order valence-corrected chi connectivity index (χ4v) is 0. The Morgan fingerprint density at radius 3 is 3.50 bits per heavy atom. The summed E-state index contributed by atoms with van der Waals surface area (Å²) in [5, 5.41) is 0. The first-order valence-corrected chi connectivity index (χ1v) is 5.48. The van der Waals surface area contributed by atoms with E-state index >= 15 is 0 Å². The van der Waals surface area contributed by atoms with E-state index in [0.29, 0.717) is 0 Å². The molecule has 0 atom stereocenters. The highest BCUT2D eigenvalue weighted by molar-refractivity contribution is 9.23.